The Morgan fingerprint density at radius 2 is 2.15 bits per heavy atom. The molecule has 1 amide bonds. The lowest BCUT2D eigenvalue weighted by molar-refractivity contribution is -0.121. The fraction of sp³-hybridized carbons (Fsp3) is 0.231. The van der Waals surface area contributed by atoms with Crippen LogP contribution in [0.3, 0.4) is 0 Å². The molecule has 0 aliphatic rings. The third kappa shape index (κ3) is 3.53. The van der Waals surface area contributed by atoms with Crippen molar-refractivity contribution in [2.75, 3.05) is 12.4 Å². The first-order chi connectivity index (χ1) is 9.58. The van der Waals surface area contributed by atoms with Gasteiger partial charge >= 0.3 is 0 Å². The summed E-state index contributed by atoms with van der Waals surface area (Å²) < 4.78 is 27.3. The fourth-order valence-electron chi connectivity index (χ4n) is 1.62. The molecule has 2 N–H and O–H groups in total. The van der Waals surface area contributed by atoms with Crippen LogP contribution >= 0.6 is 0 Å². The highest BCUT2D eigenvalue weighted by molar-refractivity contribution is 5.75. The molecule has 0 spiro atoms. The standard InChI is InChI=1S/C13H14F2N4O/c1-16-13(20)8-19-7-10(6-18-19)17-5-9-2-3-11(14)12(15)4-9/h2-4,6-7,17H,5,8H2,1H3,(H,16,20). The summed E-state index contributed by atoms with van der Waals surface area (Å²) in [5.41, 5.74) is 1.31. The number of hydrogen-bond acceptors (Lipinski definition) is 3. The molecule has 0 radical (unpaired) electrons. The minimum Gasteiger partial charge on any atom is -0.378 e. The van der Waals surface area contributed by atoms with Crippen molar-refractivity contribution in [3.63, 3.8) is 0 Å². The molecule has 106 valence electrons. The molecule has 5 nitrogen and oxygen atoms in total. The maximum atomic E-state index is 13.0. The molecular formula is C13H14F2N4O. The molecule has 0 aliphatic heterocycles. The third-order valence-electron chi connectivity index (χ3n) is 2.70. The molecule has 1 aromatic carbocycles. The van der Waals surface area contributed by atoms with Crippen LogP contribution < -0.4 is 10.6 Å². The Morgan fingerprint density at radius 3 is 2.85 bits per heavy atom. The number of aromatic nitrogens is 2. The van der Waals surface area contributed by atoms with Gasteiger partial charge in [0.1, 0.15) is 6.54 Å². The van der Waals surface area contributed by atoms with E-state index in [1.54, 1.807) is 19.4 Å². The molecule has 0 atom stereocenters. The molecule has 0 fully saturated rings. The Balaban J connectivity index is 1.93. The minimum atomic E-state index is -0.875. The predicted octanol–water partition coefficient (Wildman–Crippen LogP) is 1.52. The van der Waals surface area contributed by atoms with E-state index in [4.69, 9.17) is 0 Å². The van der Waals surface area contributed by atoms with E-state index in [2.05, 4.69) is 15.7 Å². The Hall–Kier alpha value is -2.44. The summed E-state index contributed by atoms with van der Waals surface area (Å²) in [5, 5.41) is 9.52. The van der Waals surface area contributed by atoms with Crippen LogP contribution in [-0.2, 0) is 17.9 Å². The van der Waals surface area contributed by atoms with E-state index < -0.39 is 11.6 Å². The number of carbonyl (C=O) groups excluding carboxylic acids is 1. The van der Waals surface area contributed by atoms with Crippen LogP contribution in [0, 0.1) is 11.6 Å². The topological polar surface area (TPSA) is 59.0 Å². The molecule has 0 unspecified atom stereocenters. The lowest BCUT2D eigenvalue weighted by atomic mass is 10.2. The normalized spacial score (nSPS) is 10.3. The minimum absolute atomic E-state index is 0.128. The van der Waals surface area contributed by atoms with Crippen LogP contribution in [0.4, 0.5) is 14.5 Å². The molecule has 20 heavy (non-hydrogen) atoms. The van der Waals surface area contributed by atoms with Crippen LogP contribution in [0.2, 0.25) is 0 Å². The number of halogens is 2. The second-order valence-corrected chi connectivity index (χ2v) is 4.20. The van der Waals surface area contributed by atoms with E-state index in [9.17, 15) is 13.6 Å². The number of carbonyl (C=O) groups is 1. The third-order valence-corrected chi connectivity index (χ3v) is 2.70. The van der Waals surface area contributed by atoms with Crippen molar-refractivity contribution in [1.82, 2.24) is 15.1 Å². The van der Waals surface area contributed by atoms with Crippen molar-refractivity contribution in [2.45, 2.75) is 13.1 Å². The second-order valence-electron chi connectivity index (χ2n) is 4.20. The van der Waals surface area contributed by atoms with Crippen molar-refractivity contribution in [2.24, 2.45) is 0 Å². The van der Waals surface area contributed by atoms with Gasteiger partial charge in [0, 0.05) is 19.8 Å². The number of rotatable bonds is 5. The Kier molecular flexibility index (Phi) is 4.29. The molecule has 7 heteroatoms. The molecule has 0 saturated heterocycles. The van der Waals surface area contributed by atoms with E-state index in [-0.39, 0.29) is 12.5 Å². The van der Waals surface area contributed by atoms with Gasteiger partial charge in [-0.05, 0) is 17.7 Å². The molecule has 1 heterocycles. The van der Waals surface area contributed by atoms with Crippen molar-refractivity contribution in [3.8, 4) is 0 Å². The Labute approximate surface area is 114 Å². The lowest BCUT2D eigenvalue weighted by Gasteiger charge is -2.04. The van der Waals surface area contributed by atoms with Crippen molar-refractivity contribution in [3.05, 3.63) is 47.8 Å². The van der Waals surface area contributed by atoms with Crippen LogP contribution in [0.5, 0.6) is 0 Å². The first-order valence-electron chi connectivity index (χ1n) is 5.99. The molecule has 2 aromatic rings. The monoisotopic (exact) mass is 280 g/mol. The molecule has 2 rings (SSSR count). The smallest absolute Gasteiger partial charge is 0.241 e. The summed E-state index contributed by atoms with van der Waals surface area (Å²) in [6.07, 6.45) is 3.22. The number of benzene rings is 1. The number of anilines is 1. The largest absolute Gasteiger partial charge is 0.378 e. The highest BCUT2D eigenvalue weighted by Crippen LogP contribution is 2.11. The summed E-state index contributed by atoms with van der Waals surface area (Å²) >= 11 is 0. The molecule has 0 saturated carbocycles. The van der Waals surface area contributed by atoms with Crippen LogP contribution in [0.25, 0.3) is 0 Å². The van der Waals surface area contributed by atoms with Gasteiger partial charge in [-0.2, -0.15) is 5.10 Å². The number of nitrogens with one attached hydrogen (secondary N) is 2. The van der Waals surface area contributed by atoms with Crippen molar-refractivity contribution >= 4 is 11.6 Å². The van der Waals surface area contributed by atoms with E-state index in [0.717, 1.165) is 12.1 Å². The summed E-state index contributed by atoms with van der Waals surface area (Å²) in [5.74, 6) is -1.90. The molecular weight excluding hydrogens is 266 g/mol. The zero-order valence-corrected chi connectivity index (χ0v) is 10.9. The highest BCUT2D eigenvalue weighted by atomic mass is 19.2. The average Bonchev–Trinajstić information content (AvgIpc) is 2.87. The summed E-state index contributed by atoms with van der Waals surface area (Å²) in [4.78, 5) is 11.2. The van der Waals surface area contributed by atoms with E-state index in [1.807, 2.05) is 0 Å². The second kappa shape index (κ2) is 6.14. The summed E-state index contributed by atoms with van der Waals surface area (Å²) in [7, 11) is 1.55. The van der Waals surface area contributed by atoms with E-state index in [1.165, 1.54) is 10.7 Å². The zero-order valence-electron chi connectivity index (χ0n) is 10.9. The lowest BCUT2D eigenvalue weighted by Crippen LogP contribution is -2.23. The quantitative estimate of drug-likeness (QED) is 0.873. The maximum absolute atomic E-state index is 13.0. The van der Waals surface area contributed by atoms with Crippen molar-refractivity contribution < 1.29 is 13.6 Å². The van der Waals surface area contributed by atoms with Gasteiger partial charge in [0.05, 0.1) is 11.9 Å². The zero-order chi connectivity index (χ0) is 14.5. The average molecular weight is 280 g/mol. The predicted molar refractivity (Wildman–Crippen MR) is 70.0 cm³/mol. The first kappa shape index (κ1) is 14.0. The van der Waals surface area contributed by atoms with Gasteiger partial charge in [0.25, 0.3) is 0 Å². The molecule has 0 aliphatic carbocycles. The summed E-state index contributed by atoms with van der Waals surface area (Å²) in [6.45, 7) is 0.465. The Bertz CT molecular complexity index is 612. The van der Waals surface area contributed by atoms with Gasteiger partial charge in [-0.15, -0.1) is 0 Å². The highest BCUT2D eigenvalue weighted by Gasteiger charge is 2.04. The molecule has 0 bridgehead atoms. The number of hydrogen-bond donors (Lipinski definition) is 2. The van der Waals surface area contributed by atoms with Crippen LogP contribution in [-0.4, -0.2) is 22.7 Å². The summed E-state index contributed by atoms with van der Waals surface area (Å²) in [6, 6.07) is 3.72. The van der Waals surface area contributed by atoms with Crippen molar-refractivity contribution in [1.29, 1.82) is 0 Å². The fourth-order valence-corrected chi connectivity index (χ4v) is 1.62. The van der Waals surface area contributed by atoms with E-state index >= 15 is 0 Å². The number of amides is 1. The van der Waals surface area contributed by atoms with Gasteiger partial charge in [-0.1, -0.05) is 6.07 Å². The van der Waals surface area contributed by atoms with Gasteiger partial charge in [0.15, 0.2) is 11.6 Å². The van der Waals surface area contributed by atoms with Gasteiger partial charge in [-0.3, -0.25) is 9.48 Å². The maximum Gasteiger partial charge on any atom is 0.241 e. The Morgan fingerprint density at radius 1 is 1.35 bits per heavy atom. The number of nitrogens with zero attached hydrogens (tertiary/aromatic N) is 2. The van der Waals surface area contributed by atoms with Crippen LogP contribution in [0.15, 0.2) is 30.6 Å². The number of likely N-dealkylation sites (N-methyl/N-ethyl adjacent to an activating group) is 1. The SMILES string of the molecule is CNC(=O)Cn1cc(NCc2ccc(F)c(F)c2)cn1. The van der Waals surface area contributed by atoms with Gasteiger partial charge < -0.3 is 10.6 Å². The van der Waals surface area contributed by atoms with Crippen LogP contribution in [0.1, 0.15) is 5.56 Å². The van der Waals surface area contributed by atoms with Gasteiger partial charge in [0.2, 0.25) is 5.91 Å². The van der Waals surface area contributed by atoms with E-state index in [0.29, 0.717) is 17.8 Å². The van der Waals surface area contributed by atoms with Gasteiger partial charge in [-0.25, -0.2) is 8.78 Å². The first-order valence-corrected chi connectivity index (χ1v) is 5.99. The molecule has 1 aromatic heterocycles.